The first-order chi connectivity index (χ1) is 11.1. The number of hydrogen-bond donors (Lipinski definition) is 0. The summed E-state index contributed by atoms with van der Waals surface area (Å²) in [4.78, 5) is 4.62. The first-order valence-corrected chi connectivity index (χ1v) is 7.93. The van der Waals surface area contributed by atoms with Crippen molar-refractivity contribution in [3.05, 3.63) is 65.0 Å². The molecule has 3 aromatic rings. The largest absolute Gasteiger partial charge is 0.513 e. The second kappa shape index (κ2) is 6.54. The van der Waals surface area contributed by atoms with E-state index in [0.717, 1.165) is 30.2 Å². The van der Waals surface area contributed by atoms with Crippen molar-refractivity contribution in [3.8, 4) is 22.8 Å². The zero-order valence-corrected chi connectivity index (χ0v) is 16.4. The molecule has 0 saturated carbocycles. The summed E-state index contributed by atoms with van der Waals surface area (Å²) in [6.45, 7) is 7.18. The van der Waals surface area contributed by atoms with Crippen molar-refractivity contribution >= 4 is 0 Å². The van der Waals surface area contributed by atoms with Gasteiger partial charge >= 0.3 is 0 Å². The standard InChI is InChI=1S/C20H19N2O.Ir/c1-13-11-14(2)19(15(3)12-13)22-9-8-21-20(22)17-5-4-6-18-16(17)7-10-23-18;/h4,6,8-9,11-12H,7,10H2,1-3H3;/q-1;. The van der Waals surface area contributed by atoms with Crippen LogP contribution in [0.4, 0.5) is 0 Å². The Morgan fingerprint density at radius 3 is 2.67 bits per heavy atom. The topological polar surface area (TPSA) is 27.1 Å². The quantitative estimate of drug-likeness (QED) is 0.499. The molecule has 0 aliphatic carbocycles. The van der Waals surface area contributed by atoms with Crippen LogP contribution in [0.2, 0.25) is 0 Å². The third-order valence-electron chi connectivity index (χ3n) is 4.41. The number of hydrogen-bond acceptors (Lipinski definition) is 2. The molecule has 0 fully saturated rings. The average molecular weight is 496 g/mol. The van der Waals surface area contributed by atoms with Crippen LogP contribution in [0.3, 0.4) is 0 Å². The molecule has 1 radical (unpaired) electrons. The summed E-state index contributed by atoms with van der Waals surface area (Å²) < 4.78 is 7.86. The minimum absolute atomic E-state index is 0. The van der Waals surface area contributed by atoms with E-state index in [-0.39, 0.29) is 20.1 Å². The summed E-state index contributed by atoms with van der Waals surface area (Å²) in [6.07, 6.45) is 4.81. The van der Waals surface area contributed by atoms with Gasteiger partial charge in [0.1, 0.15) is 0 Å². The molecule has 4 rings (SSSR count). The van der Waals surface area contributed by atoms with E-state index in [1.165, 1.54) is 27.9 Å². The molecule has 0 saturated heterocycles. The van der Waals surface area contributed by atoms with Crippen LogP contribution in [0, 0.1) is 26.8 Å². The molecule has 1 aliphatic heterocycles. The number of benzene rings is 2. The first kappa shape index (κ1) is 16.9. The van der Waals surface area contributed by atoms with Crippen molar-refractivity contribution in [2.45, 2.75) is 27.2 Å². The fourth-order valence-electron chi connectivity index (χ4n) is 3.58. The number of rotatable bonds is 2. The molecule has 0 amide bonds. The van der Waals surface area contributed by atoms with Crippen molar-refractivity contribution in [2.24, 2.45) is 0 Å². The van der Waals surface area contributed by atoms with Crippen LogP contribution in [-0.4, -0.2) is 16.2 Å². The van der Waals surface area contributed by atoms with Crippen molar-refractivity contribution in [1.29, 1.82) is 0 Å². The summed E-state index contributed by atoms with van der Waals surface area (Å²) in [5, 5.41) is 0. The number of aromatic nitrogens is 2. The number of nitrogens with zero attached hydrogens (tertiary/aromatic N) is 2. The molecule has 1 aliphatic rings. The number of imidazole rings is 1. The molecule has 0 unspecified atom stereocenters. The molecule has 0 bridgehead atoms. The molecular weight excluding hydrogens is 476 g/mol. The van der Waals surface area contributed by atoms with E-state index in [1.54, 1.807) is 0 Å². The Bertz CT molecular complexity index is 875. The zero-order valence-electron chi connectivity index (χ0n) is 14.0. The third-order valence-corrected chi connectivity index (χ3v) is 4.41. The Morgan fingerprint density at radius 2 is 1.92 bits per heavy atom. The maximum atomic E-state index is 5.69. The van der Waals surface area contributed by atoms with Gasteiger partial charge in [0.15, 0.2) is 0 Å². The van der Waals surface area contributed by atoms with Crippen LogP contribution in [-0.2, 0) is 26.5 Å². The van der Waals surface area contributed by atoms with Gasteiger partial charge in [-0.2, -0.15) is 0 Å². The molecule has 125 valence electrons. The van der Waals surface area contributed by atoms with Gasteiger partial charge in [0.25, 0.3) is 0 Å². The maximum absolute atomic E-state index is 5.69. The molecule has 0 atom stereocenters. The van der Waals surface area contributed by atoms with Crippen molar-refractivity contribution in [3.63, 3.8) is 0 Å². The molecule has 0 spiro atoms. The van der Waals surface area contributed by atoms with Gasteiger partial charge in [-0.15, -0.1) is 23.8 Å². The Morgan fingerprint density at radius 1 is 1.17 bits per heavy atom. The Labute approximate surface area is 156 Å². The Kier molecular flexibility index (Phi) is 4.62. The summed E-state index contributed by atoms with van der Waals surface area (Å²) in [5.41, 5.74) is 7.25. The molecule has 4 heteroatoms. The van der Waals surface area contributed by atoms with Crippen LogP contribution >= 0.6 is 0 Å². The van der Waals surface area contributed by atoms with Crippen molar-refractivity contribution in [1.82, 2.24) is 9.55 Å². The van der Waals surface area contributed by atoms with E-state index >= 15 is 0 Å². The number of ether oxygens (including phenoxy) is 1. The number of fused-ring (bicyclic) bond motifs is 1. The van der Waals surface area contributed by atoms with Crippen LogP contribution in [0.1, 0.15) is 22.3 Å². The number of aryl methyl sites for hydroxylation is 3. The molecular formula is C20H19IrN2O-. The normalized spacial score (nSPS) is 12.5. The predicted octanol–water partition coefficient (Wildman–Crippen LogP) is 4.20. The maximum Gasteiger partial charge on any atom is 0.0820 e. The fraction of sp³-hybridized carbons (Fsp3) is 0.250. The molecule has 1 aromatic heterocycles. The van der Waals surface area contributed by atoms with Gasteiger partial charge in [-0.25, -0.2) is 0 Å². The van der Waals surface area contributed by atoms with Crippen LogP contribution in [0.5, 0.6) is 5.75 Å². The molecule has 2 heterocycles. The minimum atomic E-state index is 0. The van der Waals surface area contributed by atoms with E-state index in [9.17, 15) is 0 Å². The van der Waals surface area contributed by atoms with Crippen LogP contribution in [0.25, 0.3) is 17.1 Å². The fourth-order valence-corrected chi connectivity index (χ4v) is 3.58. The van der Waals surface area contributed by atoms with Gasteiger partial charge in [-0.1, -0.05) is 23.3 Å². The van der Waals surface area contributed by atoms with Gasteiger partial charge in [-0.3, -0.25) is 4.98 Å². The summed E-state index contributed by atoms with van der Waals surface area (Å²) in [5.74, 6) is 1.90. The SMILES string of the molecule is Cc1cc(C)c(-n2ccnc2-c2[c-]ccc3c2CCO3)c(C)c1.[Ir]. The van der Waals surface area contributed by atoms with Gasteiger partial charge in [-0.05, 0) is 38.3 Å². The first-order valence-electron chi connectivity index (χ1n) is 7.93. The van der Waals surface area contributed by atoms with E-state index in [2.05, 4.69) is 48.5 Å². The zero-order chi connectivity index (χ0) is 16.0. The second-order valence-electron chi connectivity index (χ2n) is 6.16. The molecule has 0 N–H and O–H groups in total. The van der Waals surface area contributed by atoms with Gasteiger partial charge in [0.05, 0.1) is 12.4 Å². The van der Waals surface area contributed by atoms with E-state index in [1.807, 2.05) is 24.5 Å². The van der Waals surface area contributed by atoms with E-state index in [0.29, 0.717) is 0 Å². The molecule has 3 nitrogen and oxygen atoms in total. The second-order valence-corrected chi connectivity index (χ2v) is 6.16. The Hall–Kier alpha value is -1.90. The van der Waals surface area contributed by atoms with E-state index < -0.39 is 0 Å². The minimum Gasteiger partial charge on any atom is -0.513 e. The molecule has 2 aromatic carbocycles. The Balaban J connectivity index is 0.00000169. The average Bonchev–Trinajstić information content (AvgIpc) is 3.14. The van der Waals surface area contributed by atoms with Crippen molar-refractivity contribution < 1.29 is 24.8 Å². The van der Waals surface area contributed by atoms with Crippen LogP contribution < -0.4 is 4.74 Å². The monoisotopic (exact) mass is 496 g/mol. The van der Waals surface area contributed by atoms with Gasteiger partial charge in [0, 0.05) is 43.9 Å². The smallest absolute Gasteiger partial charge is 0.0820 e. The van der Waals surface area contributed by atoms with E-state index in [4.69, 9.17) is 4.74 Å². The summed E-state index contributed by atoms with van der Waals surface area (Å²) >= 11 is 0. The van der Waals surface area contributed by atoms with Gasteiger partial charge in [0.2, 0.25) is 0 Å². The van der Waals surface area contributed by atoms with Crippen LogP contribution in [0.15, 0.2) is 36.7 Å². The predicted molar refractivity (Wildman–Crippen MR) is 91.2 cm³/mol. The molecule has 24 heavy (non-hydrogen) atoms. The summed E-state index contributed by atoms with van der Waals surface area (Å²) in [7, 11) is 0. The third kappa shape index (κ3) is 2.70. The van der Waals surface area contributed by atoms with Gasteiger partial charge < -0.3 is 9.30 Å². The van der Waals surface area contributed by atoms with Crippen molar-refractivity contribution in [2.75, 3.05) is 6.61 Å². The summed E-state index contributed by atoms with van der Waals surface area (Å²) in [6, 6.07) is 11.7.